The van der Waals surface area contributed by atoms with Gasteiger partial charge in [-0.1, -0.05) is 13.3 Å². The van der Waals surface area contributed by atoms with E-state index in [0.29, 0.717) is 21.7 Å². The molecule has 108 valence electrons. The van der Waals surface area contributed by atoms with E-state index in [1.165, 1.54) is 4.31 Å². The lowest BCUT2D eigenvalue weighted by atomic mass is 10.1. The molecule has 0 heterocycles. The molecular formula is C14H24N2O2S. The van der Waals surface area contributed by atoms with Gasteiger partial charge < -0.3 is 5.73 Å². The highest BCUT2D eigenvalue weighted by molar-refractivity contribution is 7.89. The molecule has 0 radical (unpaired) electrons. The van der Waals surface area contributed by atoms with Crippen molar-refractivity contribution in [2.24, 2.45) is 0 Å². The van der Waals surface area contributed by atoms with Gasteiger partial charge >= 0.3 is 0 Å². The van der Waals surface area contributed by atoms with E-state index in [0.717, 1.165) is 12.8 Å². The second-order valence-electron chi connectivity index (χ2n) is 5.14. The molecule has 1 aromatic carbocycles. The van der Waals surface area contributed by atoms with Gasteiger partial charge in [0, 0.05) is 18.8 Å². The summed E-state index contributed by atoms with van der Waals surface area (Å²) >= 11 is 0. The number of benzene rings is 1. The molecule has 1 aromatic rings. The van der Waals surface area contributed by atoms with Gasteiger partial charge in [0.15, 0.2) is 0 Å². The third kappa shape index (κ3) is 3.28. The van der Waals surface area contributed by atoms with Crippen molar-refractivity contribution in [1.29, 1.82) is 0 Å². The van der Waals surface area contributed by atoms with Gasteiger partial charge in [-0.2, -0.15) is 4.31 Å². The van der Waals surface area contributed by atoms with Gasteiger partial charge in [-0.15, -0.1) is 0 Å². The molecule has 0 aliphatic heterocycles. The Hall–Kier alpha value is -1.07. The zero-order valence-corrected chi connectivity index (χ0v) is 13.2. The van der Waals surface area contributed by atoms with Crippen LogP contribution in [-0.2, 0) is 10.0 Å². The van der Waals surface area contributed by atoms with E-state index < -0.39 is 10.0 Å². The standard InChI is InChI=1S/C14H24N2O2S/c1-6-7-12(4)16(5)19(17,18)14-10(2)8-13(15)9-11(14)3/h8-9,12H,6-7,15H2,1-5H3. The number of rotatable bonds is 5. The van der Waals surface area contributed by atoms with Crippen LogP contribution in [-0.4, -0.2) is 25.8 Å². The van der Waals surface area contributed by atoms with Gasteiger partial charge in [0.05, 0.1) is 4.90 Å². The first-order valence-corrected chi connectivity index (χ1v) is 8.00. The van der Waals surface area contributed by atoms with Crippen LogP contribution >= 0.6 is 0 Å². The topological polar surface area (TPSA) is 63.4 Å². The molecule has 1 unspecified atom stereocenters. The number of hydrogen-bond acceptors (Lipinski definition) is 3. The molecule has 0 fully saturated rings. The maximum Gasteiger partial charge on any atom is 0.243 e. The highest BCUT2D eigenvalue weighted by Gasteiger charge is 2.28. The monoisotopic (exact) mass is 284 g/mol. The van der Waals surface area contributed by atoms with Crippen molar-refractivity contribution in [3.05, 3.63) is 23.3 Å². The van der Waals surface area contributed by atoms with E-state index in [4.69, 9.17) is 5.73 Å². The molecule has 0 aliphatic rings. The van der Waals surface area contributed by atoms with Crippen molar-refractivity contribution < 1.29 is 8.42 Å². The average Bonchev–Trinajstić information content (AvgIpc) is 2.26. The van der Waals surface area contributed by atoms with Crippen LogP contribution in [0.1, 0.15) is 37.8 Å². The Bertz CT molecular complexity index is 530. The van der Waals surface area contributed by atoms with E-state index in [2.05, 4.69) is 6.92 Å². The van der Waals surface area contributed by atoms with E-state index in [9.17, 15) is 8.42 Å². The zero-order chi connectivity index (χ0) is 14.8. The third-order valence-corrected chi connectivity index (χ3v) is 5.72. The zero-order valence-electron chi connectivity index (χ0n) is 12.4. The molecule has 1 atom stereocenters. The number of nitrogen functional groups attached to an aromatic ring is 1. The molecule has 0 saturated heterocycles. The van der Waals surface area contributed by atoms with Crippen LogP contribution in [0.3, 0.4) is 0 Å². The van der Waals surface area contributed by atoms with Crippen LogP contribution in [0, 0.1) is 13.8 Å². The predicted octanol–water partition coefficient (Wildman–Crippen LogP) is 2.69. The lowest BCUT2D eigenvalue weighted by molar-refractivity contribution is 0.368. The van der Waals surface area contributed by atoms with E-state index in [1.54, 1.807) is 33.0 Å². The van der Waals surface area contributed by atoms with Crippen molar-refractivity contribution >= 4 is 15.7 Å². The Morgan fingerprint density at radius 3 is 2.16 bits per heavy atom. The van der Waals surface area contributed by atoms with E-state index >= 15 is 0 Å². The van der Waals surface area contributed by atoms with Crippen molar-refractivity contribution in [2.75, 3.05) is 12.8 Å². The summed E-state index contributed by atoms with van der Waals surface area (Å²) in [7, 11) is -1.82. The molecule has 5 heteroatoms. The molecule has 0 bridgehead atoms. The molecule has 4 nitrogen and oxygen atoms in total. The molecule has 1 rings (SSSR count). The smallest absolute Gasteiger partial charge is 0.243 e. The van der Waals surface area contributed by atoms with Crippen LogP contribution < -0.4 is 5.73 Å². The van der Waals surface area contributed by atoms with Crippen molar-refractivity contribution in [3.8, 4) is 0 Å². The number of sulfonamides is 1. The van der Waals surface area contributed by atoms with Gasteiger partial charge in [0.25, 0.3) is 0 Å². The fraction of sp³-hybridized carbons (Fsp3) is 0.571. The SMILES string of the molecule is CCCC(C)N(C)S(=O)(=O)c1c(C)cc(N)cc1C. The first-order valence-electron chi connectivity index (χ1n) is 6.56. The second-order valence-corrected chi connectivity index (χ2v) is 7.08. The van der Waals surface area contributed by atoms with Crippen LogP contribution in [0.15, 0.2) is 17.0 Å². The van der Waals surface area contributed by atoms with Gasteiger partial charge in [0.2, 0.25) is 10.0 Å². The lowest BCUT2D eigenvalue weighted by Gasteiger charge is -2.25. The minimum atomic E-state index is -3.46. The highest BCUT2D eigenvalue weighted by atomic mass is 32.2. The third-order valence-electron chi connectivity index (χ3n) is 3.45. The Balaban J connectivity index is 3.28. The summed E-state index contributed by atoms with van der Waals surface area (Å²) in [6.45, 7) is 7.56. The molecule has 0 aromatic heterocycles. The average molecular weight is 284 g/mol. The van der Waals surface area contributed by atoms with E-state index in [-0.39, 0.29) is 6.04 Å². The van der Waals surface area contributed by atoms with Crippen molar-refractivity contribution in [1.82, 2.24) is 4.31 Å². The molecule has 0 aliphatic carbocycles. The summed E-state index contributed by atoms with van der Waals surface area (Å²) in [4.78, 5) is 0.382. The van der Waals surface area contributed by atoms with Crippen LogP contribution in [0.2, 0.25) is 0 Å². The molecule has 0 saturated carbocycles. The van der Waals surface area contributed by atoms with Crippen molar-refractivity contribution in [2.45, 2.75) is 51.5 Å². The van der Waals surface area contributed by atoms with Crippen LogP contribution in [0.4, 0.5) is 5.69 Å². The maximum absolute atomic E-state index is 12.7. The number of nitrogens with two attached hydrogens (primary N) is 1. The highest BCUT2D eigenvalue weighted by Crippen LogP contribution is 2.27. The lowest BCUT2D eigenvalue weighted by Crippen LogP contribution is -2.35. The summed E-state index contributed by atoms with van der Waals surface area (Å²) < 4.78 is 26.8. The fourth-order valence-corrected chi connectivity index (χ4v) is 4.17. The first kappa shape index (κ1) is 16.0. The predicted molar refractivity (Wildman–Crippen MR) is 79.6 cm³/mol. The Morgan fingerprint density at radius 2 is 1.74 bits per heavy atom. The minimum absolute atomic E-state index is 0.00801. The van der Waals surface area contributed by atoms with Gasteiger partial charge in [-0.25, -0.2) is 8.42 Å². The Kier molecular flexibility index (Phi) is 4.98. The number of nitrogens with zero attached hydrogens (tertiary/aromatic N) is 1. The molecular weight excluding hydrogens is 260 g/mol. The molecule has 19 heavy (non-hydrogen) atoms. The van der Waals surface area contributed by atoms with Crippen LogP contribution in [0.25, 0.3) is 0 Å². The van der Waals surface area contributed by atoms with Gasteiger partial charge in [0.1, 0.15) is 0 Å². The summed E-state index contributed by atoms with van der Waals surface area (Å²) in [5.41, 5.74) is 7.75. The summed E-state index contributed by atoms with van der Waals surface area (Å²) in [6.07, 6.45) is 1.81. The summed E-state index contributed by atoms with van der Waals surface area (Å²) in [5, 5.41) is 0. The quantitative estimate of drug-likeness (QED) is 0.846. The molecule has 2 N–H and O–H groups in total. The number of anilines is 1. The van der Waals surface area contributed by atoms with Gasteiger partial charge in [-0.05, 0) is 50.5 Å². The normalized spacial score (nSPS) is 13.8. The Morgan fingerprint density at radius 1 is 1.26 bits per heavy atom. The maximum atomic E-state index is 12.7. The Labute approximate surface area is 116 Å². The second kappa shape index (κ2) is 5.92. The van der Waals surface area contributed by atoms with E-state index in [1.807, 2.05) is 6.92 Å². The molecule has 0 spiro atoms. The van der Waals surface area contributed by atoms with Crippen LogP contribution in [0.5, 0.6) is 0 Å². The van der Waals surface area contributed by atoms with Crippen molar-refractivity contribution in [3.63, 3.8) is 0 Å². The largest absolute Gasteiger partial charge is 0.399 e. The number of aryl methyl sites for hydroxylation is 2. The first-order chi connectivity index (χ1) is 8.71. The molecule has 0 amide bonds. The minimum Gasteiger partial charge on any atom is -0.399 e. The fourth-order valence-electron chi connectivity index (χ4n) is 2.37. The summed E-state index contributed by atoms with van der Waals surface area (Å²) in [6, 6.07) is 3.41. The van der Waals surface area contributed by atoms with Gasteiger partial charge in [-0.3, -0.25) is 0 Å². The number of hydrogen-bond donors (Lipinski definition) is 1. The summed E-state index contributed by atoms with van der Waals surface area (Å²) in [5.74, 6) is 0.